The number of quaternary nitrogens is 1. The molecule has 18 heteroatoms. The first-order valence-corrected chi connectivity index (χ1v) is 14.9. The molecular formula is C16H32F6N2O7S2Si. The molecule has 1 saturated heterocycles. The average Bonchev–Trinajstić information content (AvgIpc) is 3.11. The van der Waals surface area contributed by atoms with Gasteiger partial charge in [0, 0.05) is 52.6 Å². The van der Waals surface area contributed by atoms with Crippen molar-refractivity contribution in [1.29, 1.82) is 0 Å². The second-order valence-corrected chi connectivity index (χ2v) is 14.6. The molecule has 0 saturated carbocycles. The van der Waals surface area contributed by atoms with Gasteiger partial charge in [0.2, 0.25) is 0 Å². The van der Waals surface area contributed by atoms with E-state index in [1.165, 1.54) is 43.5 Å². The minimum Gasteiger partial charge on any atom is -0.421 e. The van der Waals surface area contributed by atoms with Gasteiger partial charge in [-0.2, -0.15) is 26.3 Å². The monoisotopic (exact) mass is 570 g/mol. The van der Waals surface area contributed by atoms with Gasteiger partial charge in [-0.15, -0.1) is 0 Å². The fourth-order valence-corrected chi connectivity index (χ4v) is 7.09. The third-order valence-corrected chi connectivity index (χ3v) is 10.7. The average molecular weight is 571 g/mol. The van der Waals surface area contributed by atoms with Gasteiger partial charge in [-0.3, -0.25) is 0 Å². The highest BCUT2D eigenvalue weighted by Gasteiger charge is 2.47. The maximum atomic E-state index is 11.4. The van der Waals surface area contributed by atoms with Crippen LogP contribution in [0.3, 0.4) is 0 Å². The van der Waals surface area contributed by atoms with Crippen molar-refractivity contribution < 1.29 is 60.9 Å². The van der Waals surface area contributed by atoms with Crippen molar-refractivity contribution in [2.45, 2.75) is 50.2 Å². The van der Waals surface area contributed by atoms with E-state index in [0.717, 1.165) is 22.5 Å². The SMILES string of the molecule is CO[Si](CCC[N+]1(CC(C)C)CCCC1)(OC)OC.O=S(=O)([N-]S(=O)(=O)C(F)(F)F)C(F)(F)F. The van der Waals surface area contributed by atoms with Crippen molar-refractivity contribution in [3.63, 3.8) is 0 Å². The summed E-state index contributed by atoms with van der Waals surface area (Å²) in [5.41, 5.74) is -12.4. The number of sulfonamides is 2. The van der Waals surface area contributed by atoms with Gasteiger partial charge >= 0.3 is 19.8 Å². The minimum absolute atomic E-state index is 0.771. The highest BCUT2D eigenvalue weighted by Crippen LogP contribution is 2.36. The standard InChI is InChI=1S/C14H32NO3Si.C2F6NO4S2/c1-14(2)13-15(9-6-7-10-15)11-8-12-19(16-3,17-4)18-5;3-1(4,5)14(10,11)9-15(12,13)2(6,7)8/h14H,6-13H2,1-5H3;/q+1;-1. The van der Waals surface area contributed by atoms with E-state index in [4.69, 9.17) is 13.3 Å². The largest absolute Gasteiger partial charge is 0.500 e. The van der Waals surface area contributed by atoms with E-state index in [-0.39, 0.29) is 0 Å². The second kappa shape index (κ2) is 12.6. The third kappa shape index (κ3) is 9.86. The first kappa shape index (κ1) is 33.5. The van der Waals surface area contributed by atoms with Crippen LogP contribution in [-0.4, -0.2) is 88.6 Å². The zero-order valence-corrected chi connectivity index (χ0v) is 22.2. The van der Waals surface area contributed by atoms with Gasteiger partial charge in [0.05, 0.1) is 26.2 Å². The summed E-state index contributed by atoms with van der Waals surface area (Å²) in [5, 5.41) is 0. The van der Waals surface area contributed by atoms with Gasteiger partial charge in [-0.1, -0.05) is 13.8 Å². The van der Waals surface area contributed by atoms with Crippen LogP contribution in [0, 0.1) is 5.92 Å². The summed E-state index contributed by atoms with van der Waals surface area (Å²) in [4.78, 5) is 0. The molecule has 0 unspecified atom stereocenters. The number of hydrogen-bond donors (Lipinski definition) is 0. The highest BCUT2D eigenvalue weighted by molar-refractivity contribution is 8.13. The van der Waals surface area contributed by atoms with Gasteiger partial charge in [0.15, 0.2) is 20.0 Å². The zero-order valence-electron chi connectivity index (χ0n) is 19.6. The van der Waals surface area contributed by atoms with Crippen LogP contribution in [-0.2, 0) is 33.3 Å². The van der Waals surface area contributed by atoms with E-state index in [2.05, 4.69) is 13.8 Å². The predicted octanol–water partition coefficient (Wildman–Crippen LogP) is 3.58. The van der Waals surface area contributed by atoms with Crippen molar-refractivity contribution in [3.8, 4) is 0 Å². The molecule has 1 rings (SSSR count). The quantitative estimate of drug-likeness (QED) is 0.212. The fraction of sp³-hybridized carbons (Fsp3) is 1.00. The first-order chi connectivity index (χ1) is 15.2. The maximum Gasteiger partial charge on any atom is 0.500 e. The van der Waals surface area contributed by atoms with E-state index in [9.17, 15) is 43.2 Å². The number of hydrogen-bond acceptors (Lipinski definition) is 7. The molecule has 0 aromatic heterocycles. The summed E-state index contributed by atoms with van der Waals surface area (Å²) in [5.74, 6) is 0.771. The van der Waals surface area contributed by atoms with E-state index < -0.39 is 39.9 Å². The minimum atomic E-state index is -6.72. The molecule has 0 aliphatic carbocycles. The Kier molecular flexibility index (Phi) is 12.5. The van der Waals surface area contributed by atoms with Crippen LogP contribution in [0.5, 0.6) is 0 Å². The Morgan fingerprint density at radius 2 is 1.24 bits per heavy atom. The molecule has 1 fully saturated rings. The summed E-state index contributed by atoms with van der Waals surface area (Å²) < 4.78 is 127. The van der Waals surface area contributed by atoms with Crippen molar-refractivity contribution >= 4 is 28.9 Å². The first-order valence-electron chi connectivity index (χ1n) is 10.1. The van der Waals surface area contributed by atoms with E-state index in [0.29, 0.717) is 0 Å². The molecule has 1 heterocycles. The second-order valence-electron chi connectivity index (χ2n) is 8.11. The van der Waals surface area contributed by atoms with Crippen molar-refractivity contribution in [2.24, 2.45) is 5.92 Å². The molecule has 1 aliphatic heterocycles. The predicted molar refractivity (Wildman–Crippen MR) is 113 cm³/mol. The van der Waals surface area contributed by atoms with E-state index in [1.54, 1.807) is 21.3 Å². The van der Waals surface area contributed by atoms with E-state index in [1.807, 2.05) is 0 Å². The van der Waals surface area contributed by atoms with Gasteiger partial charge in [-0.05, 0) is 0 Å². The van der Waals surface area contributed by atoms with Crippen LogP contribution < -0.4 is 0 Å². The molecular weight excluding hydrogens is 538 g/mol. The lowest BCUT2D eigenvalue weighted by Gasteiger charge is -2.36. The maximum absolute atomic E-state index is 11.4. The number of halogens is 6. The molecule has 0 spiro atoms. The Morgan fingerprint density at radius 3 is 1.53 bits per heavy atom. The number of nitrogens with zero attached hydrogens (tertiary/aromatic N) is 2. The lowest BCUT2D eigenvalue weighted by Crippen LogP contribution is -2.50. The Labute approximate surface area is 197 Å². The molecule has 0 bridgehead atoms. The fourth-order valence-electron chi connectivity index (χ4n) is 3.68. The zero-order chi connectivity index (χ0) is 27.1. The van der Waals surface area contributed by atoms with E-state index >= 15 is 0 Å². The summed E-state index contributed by atoms with van der Waals surface area (Å²) in [6.45, 7) is 9.90. The number of rotatable bonds is 11. The van der Waals surface area contributed by atoms with Crippen molar-refractivity contribution in [1.82, 2.24) is 0 Å². The Morgan fingerprint density at radius 1 is 0.853 bits per heavy atom. The lowest BCUT2D eigenvalue weighted by atomic mass is 10.1. The molecule has 206 valence electrons. The van der Waals surface area contributed by atoms with Crippen LogP contribution in [0.2, 0.25) is 6.04 Å². The Hall–Kier alpha value is -0.503. The molecule has 0 N–H and O–H groups in total. The van der Waals surface area contributed by atoms with Crippen LogP contribution >= 0.6 is 0 Å². The molecule has 34 heavy (non-hydrogen) atoms. The number of likely N-dealkylation sites (tertiary alicyclic amines) is 1. The lowest BCUT2D eigenvalue weighted by molar-refractivity contribution is -0.919. The molecule has 0 aromatic carbocycles. The van der Waals surface area contributed by atoms with Crippen LogP contribution in [0.15, 0.2) is 0 Å². The van der Waals surface area contributed by atoms with Gasteiger partial charge in [0.1, 0.15) is 0 Å². The van der Waals surface area contributed by atoms with Crippen LogP contribution in [0.25, 0.3) is 4.13 Å². The smallest absolute Gasteiger partial charge is 0.421 e. The molecule has 0 radical (unpaired) electrons. The molecule has 0 aromatic rings. The summed E-state index contributed by atoms with van der Waals surface area (Å²) in [7, 11) is -10.7. The third-order valence-electron chi connectivity index (χ3n) is 5.10. The van der Waals surface area contributed by atoms with Crippen molar-refractivity contribution in [2.75, 3.05) is 47.5 Å². The van der Waals surface area contributed by atoms with Crippen molar-refractivity contribution in [3.05, 3.63) is 4.13 Å². The molecule has 1 aliphatic rings. The normalized spacial score (nSPS) is 17.5. The molecule has 0 amide bonds. The highest BCUT2D eigenvalue weighted by atomic mass is 32.3. The Balaban J connectivity index is 0.000000661. The van der Waals surface area contributed by atoms with Gasteiger partial charge < -0.3 is 21.9 Å². The van der Waals surface area contributed by atoms with Gasteiger partial charge in [-0.25, -0.2) is 16.8 Å². The summed E-state index contributed by atoms with van der Waals surface area (Å²) >= 11 is 0. The van der Waals surface area contributed by atoms with Crippen LogP contribution in [0.1, 0.15) is 33.1 Å². The van der Waals surface area contributed by atoms with Gasteiger partial charge in [0.25, 0.3) is 0 Å². The topological polar surface area (TPSA) is 110 Å². The molecule has 0 atom stereocenters. The Bertz CT molecular complexity index is 776. The van der Waals surface area contributed by atoms with Crippen LogP contribution in [0.4, 0.5) is 26.3 Å². The molecule has 9 nitrogen and oxygen atoms in total. The summed E-state index contributed by atoms with van der Waals surface area (Å²) in [6, 6.07) is 0.925. The summed E-state index contributed by atoms with van der Waals surface area (Å²) in [6.07, 6.45) is 3.90. The number of alkyl halides is 6.